The van der Waals surface area contributed by atoms with Gasteiger partial charge in [0.1, 0.15) is 17.5 Å². The number of aliphatic hydroxyl groups is 1. The van der Waals surface area contributed by atoms with Crippen LogP contribution >= 0.6 is 0 Å². The van der Waals surface area contributed by atoms with Gasteiger partial charge in [0.25, 0.3) is 5.91 Å². The number of aromatic carboxylic acids is 1. The molecule has 3 atom stereocenters. The summed E-state index contributed by atoms with van der Waals surface area (Å²) in [5.41, 5.74) is 2.72. The molecule has 1 aliphatic heterocycles. The molecule has 3 amide bonds. The highest BCUT2D eigenvalue weighted by molar-refractivity contribution is 6.04. The zero-order valence-electron chi connectivity index (χ0n) is 24.4. The number of para-hydroxylation sites is 1. The van der Waals surface area contributed by atoms with Gasteiger partial charge in [-0.05, 0) is 57.6 Å². The number of rotatable bonds is 9. The Labute approximate surface area is 244 Å². The normalized spacial score (nSPS) is 17.6. The van der Waals surface area contributed by atoms with Crippen molar-refractivity contribution in [1.29, 1.82) is 0 Å². The first-order valence-corrected chi connectivity index (χ1v) is 13.7. The Balaban J connectivity index is 1.62. The average molecular weight is 580 g/mol. The summed E-state index contributed by atoms with van der Waals surface area (Å²) in [7, 11) is 1.93. The van der Waals surface area contributed by atoms with Crippen LogP contribution in [-0.2, 0) is 6.54 Å². The molecular formula is C30H37N5O7. The number of nitrogens with one attached hydrogen (secondary N) is 2. The summed E-state index contributed by atoms with van der Waals surface area (Å²) in [6, 6.07) is 10.7. The molecule has 224 valence electrons. The van der Waals surface area contributed by atoms with Gasteiger partial charge in [-0.15, -0.1) is 0 Å². The standard InChI is InChI=1S/C30H37N5O7/c1-17-13-35(18(2)16-36)28(37)23-7-6-8-24(31-30(40)32-26-19(3)33-42-20(26)4)27(23)41-25(17)15-34(5)14-21-9-11-22(12-10-21)29(38)39/h6-12,17-18,25,36H,13-16H2,1-5H3,(H,38,39)(H2,31,32,40)/t17-,18-,25+/m0/s1. The van der Waals surface area contributed by atoms with E-state index in [1.807, 2.05) is 14.0 Å². The maximum Gasteiger partial charge on any atom is 0.335 e. The number of aliphatic hydroxyl groups excluding tert-OH is 1. The predicted octanol–water partition coefficient (Wildman–Crippen LogP) is 3.99. The van der Waals surface area contributed by atoms with Gasteiger partial charge in [-0.3, -0.25) is 9.69 Å². The van der Waals surface area contributed by atoms with Crippen LogP contribution in [0.4, 0.5) is 16.2 Å². The van der Waals surface area contributed by atoms with E-state index in [-0.39, 0.29) is 35.3 Å². The number of carbonyl (C=O) groups is 3. The maximum atomic E-state index is 13.7. The third-order valence-electron chi connectivity index (χ3n) is 7.36. The number of urea groups is 1. The monoisotopic (exact) mass is 579 g/mol. The van der Waals surface area contributed by atoms with E-state index < -0.39 is 24.1 Å². The second kappa shape index (κ2) is 13.0. The van der Waals surface area contributed by atoms with E-state index in [9.17, 15) is 24.6 Å². The maximum absolute atomic E-state index is 13.7. The number of carbonyl (C=O) groups excluding carboxylic acids is 2. The zero-order chi connectivity index (χ0) is 30.6. The summed E-state index contributed by atoms with van der Waals surface area (Å²) in [5, 5.41) is 28.5. The molecule has 3 aromatic rings. The lowest BCUT2D eigenvalue weighted by Gasteiger charge is -2.38. The highest BCUT2D eigenvalue weighted by Crippen LogP contribution is 2.35. The second-order valence-corrected chi connectivity index (χ2v) is 10.8. The van der Waals surface area contributed by atoms with Gasteiger partial charge in [0.2, 0.25) is 0 Å². The number of hydrogen-bond donors (Lipinski definition) is 4. The van der Waals surface area contributed by atoms with Crippen LogP contribution < -0.4 is 15.4 Å². The highest BCUT2D eigenvalue weighted by Gasteiger charge is 2.34. The van der Waals surface area contributed by atoms with Crippen LogP contribution in [0.3, 0.4) is 0 Å². The topological polar surface area (TPSA) is 157 Å². The number of carboxylic acid groups (broad SMARTS) is 1. The van der Waals surface area contributed by atoms with Gasteiger partial charge >= 0.3 is 12.0 Å². The van der Waals surface area contributed by atoms with Crippen molar-refractivity contribution in [2.45, 2.75) is 46.4 Å². The predicted molar refractivity (Wildman–Crippen MR) is 156 cm³/mol. The zero-order valence-corrected chi connectivity index (χ0v) is 24.4. The molecule has 0 fully saturated rings. The quantitative estimate of drug-likeness (QED) is 0.294. The van der Waals surface area contributed by atoms with Crippen molar-refractivity contribution < 1.29 is 33.9 Å². The van der Waals surface area contributed by atoms with Crippen molar-refractivity contribution in [3.8, 4) is 5.75 Å². The van der Waals surface area contributed by atoms with Crippen LogP contribution in [0, 0.1) is 19.8 Å². The van der Waals surface area contributed by atoms with Crippen LogP contribution in [0.1, 0.15) is 51.6 Å². The molecule has 0 radical (unpaired) electrons. The summed E-state index contributed by atoms with van der Waals surface area (Å²) in [6.07, 6.45) is -0.401. The molecule has 0 saturated carbocycles. The summed E-state index contributed by atoms with van der Waals surface area (Å²) >= 11 is 0. The Morgan fingerprint density at radius 3 is 2.50 bits per heavy atom. The van der Waals surface area contributed by atoms with E-state index in [4.69, 9.17) is 9.26 Å². The number of amides is 3. The minimum atomic E-state index is -0.980. The molecule has 12 nitrogen and oxygen atoms in total. The van der Waals surface area contributed by atoms with E-state index >= 15 is 0 Å². The SMILES string of the molecule is Cc1noc(C)c1NC(=O)Nc1cccc2c1O[C@H](CN(C)Cc1ccc(C(=O)O)cc1)[C@@H](C)CN([C@@H](C)CO)C2=O. The molecule has 0 aliphatic carbocycles. The first-order valence-electron chi connectivity index (χ1n) is 13.7. The van der Waals surface area contributed by atoms with Crippen molar-refractivity contribution in [2.75, 3.05) is 37.4 Å². The summed E-state index contributed by atoms with van der Waals surface area (Å²) in [6.45, 7) is 8.33. The van der Waals surface area contributed by atoms with E-state index in [1.165, 1.54) is 0 Å². The number of fused-ring (bicyclic) bond motifs is 1. The van der Waals surface area contributed by atoms with Gasteiger partial charge in [-0.1, -0.05) is 30.3 Å². The number of aromatic nitrogens is 1. The molecule has 42 heavy (non-hydrogen) atoms. The number of ether oxygens (including phenoxy) is 1. The minimum Gasteiger partial charge on any atom is -0.486 e. The molecule has 2 heterocycles. The highest BCUT2D eigenvalue weighted by atomic mass is 16.5. The van der Waals surface area contributed by atoms with Gasteiger partial charge in [0.15, 0.2) is 11.5 Å². The van der Waals surface area contributed by atoms with E-state index in [0.717, 1.165) is 5.56 Å². The number of carboxylic acids is 1. The number of likely N-dealkylation sites (N-methyl/N-ethyl adjacent to an activating group) is 1. The molecular weight excluding hydrogens is 542 g/mol. The third-order valence-corrected chi connectivity index (χ3v) is 7.36. The first kappa shape index (κ1) is 30.5. The number of benzene rings is 2. The first-order chi connectivity index (χ1) is 20.0. The van der Waals surface area contributed by atoms with E-state index in [1.54, 1.807) is 68.1 Å². The number of hydrogen-bond acceptors (Lipinski definition) is 8. The lowest BCUT2D eigenvalue weighted by Crippen LogP contribution is -2.49. The van der Waals surface area contributed by atoms with Crippen molar-refractivity contribution in [3.63, 3.8) is 0 Å². The van der Waals surface area contributed by atoms with Crippen LogP contribution in [0.2, 0.25) is 0 Å². The molecule has 1 aromatic heterocycles. The summed E-state index contributed by atoms with van der Waals surface area (Å²) < 4.78 is 11.7. The molecule has 1 aliphatic rings. The van der Waals surface area contributed by atoms with Gasteiger partial charge in [-0.25, -0.2) is 9.59 Å². The van der Waals surface area contributed by atoms with E-state index in [2.05, 4.69) is 20.7 Å². The summed E-state index contributed by atoms with van der Waals surface area (Å²) in [5.74, 6) is -0.732. The Bertz CT molecular complexity index is 1420. The van der Waals surface area contributed by atoms with Gasteiger partial charge in [-0.2, -0.15) is 0 Å². The van der Waals surface area contributed by atoms with Crippen molar-refractivity contribution in [2.24, 2.45) is 5.92 Å². The average Bonchev–Trinajstić information content (AvgIpc) is 3.27. The number of nitrogens with zero attached hydrogens (tertiary/aromatic N) is 3. The Hall–Kier alpha value is -4.42. The van der Waals surface area contributed by atoms with Crippen molar-refractivity contribution in [1.82, 2.24) is 15.0 Å². The Morgan fingerprint density at radius 2 is 1.88 bits per heavy atom. The molecule has 4 rings (SSSR count). The van der Waals surface area contributed by atoms with Crippen LogP contribution in [0.15, 0.2) is 47.0 Å². The van der Waals surface area contributed by atoms with E-state index in [0.29, 0.717) is 42.5 Å². The van der Waals surface area contributed by atoms with Gasteiger partial charge in [0, 0.05) is 25.6 Å². The van der Waals surface area contributed by atoms with Gasteiger partial charge in [0.05, 0.1) is 29.5 Å². The van der Waals surface area contributed by atoms with Crippen LogP contribution in [-0.4, -0.2) is 82.0 Å². The Kier molecular flexibility index (Phi) is 9.48. The van der Waals surface area contributed by atoms with Crippen LogP contribution in [0.5, 0.6) is 5.75 Å². The molecule has 12 heteroatoms. The fourth-order valence-electron chi connectivity index (χ4n) is 4.92. The lowest BCUT2D eigenvalue weighted by molar-refractivity contribution is 0.0343. The Morgan fingerprint density at radius 1 is 1.17 bits per heavy atom. The largest absolute Gasteiger partial charge is 0.486 e. The van der Waals surface area contributed by atoms with Crippen LogP contribution in [0.25, 0.3) is 0 Å². The molecule has 2 aromatic carbocycles. The smallest absolute Gasteiger partial charge is 0.335 e. The number of anilines is 2. The van der Waals surface area contributed by atoms with Crippen molar-refractivity contribution >= 4 is 29.3 Å². The van der Waals surface area contributed by atoms with Gasteiger partial charge < -0.3 is 35.0 Å². The molecule has 0 bridgehead atoms. The fraction of sp³-hybridized carbons (Fsp3) is 0.400. The van der Waals surface area contributed by atoms with Crippen molar-refractivity contribution in [3.05, 3.63) is 70.6 Å². The third kappa shape index (κ3) is 6.89. The minimum absolute atomic E-state index is 0.142. The fourth-order valence-corrected chi connectivity index (χ4v) is 4.92. The molecule has 0 saturated heterocycles. The number of aryl methyl sites for hydroxylation is 2. The molecule has 4 N–H and O–H groups in total. The molecule has 0 spiro atoms. The molecule has 0 unspecified atom stereocenters. The summed E-state index contributed by atoms with van der Waals surface area (Å²) in [4.78, 5) is 41.6. The lowest BCUT2D eigenvalue weighted by atomic mass is 9.98. The second-order valence-electron chi connectivity index (χ2n) is 10.8.